The first-order valence-electron chi connectivity index (χ1n) is 5.80. The molecule has 0 aromatic heterocycles. The van der Waals surface area contributed by atoms with E-state index in [1.165, 1.54) is 0 Å². The van der Waals surface area contributed by atoms with Crippen LogP contribution in [0.5, 0.6) is 0 Å². The first-order chi connectivity index (χ1) is 6.97. The van der Waals surface area contributed by atoms with Gasteiger partial charge in [0.1, 0.15) is 5.78 Å². The molecule has 0 bridgehead atoms. The van der Waals surface area contributed by atoms with E-state index >= 15 is 0 Å². The van der Waals surface area contributed by atoms with Gasteiger partial charge in [0, 0.05) is 24.5 Å². The summed E-state index contributed by atoms with van der Waals surface area (Å²) in [6, 6.07) is 0.484. The standard InChI is InChI=1S/C12H23NO2/c1-5-11-8-15-7-6-13(11)9-12(3,4)10(2)14/h11H,5-9H2,1-4H3. The molecule has 0 saturated carbocycles. The molecular weight excluding hydrogens is 190 g/mol. The zero-order valence-corrected chi connectivity index (χ0v) is 10.4. The third kappa shape index (κ3) is 3.28. The second kappa shape index (κ2) is 5.08. The molecule has 0 aromatic rings. The van der Waals surface area contributed by atoms with E-state index in [-0.39, 0.29) is 11.2 Å². The summed E-state index contributed by atoms with van der Waals surface area (Å²) in [6.07, 6.45) is 1.09. The first-order valence-corrected chi connectivity index (χ1v) is 5.80. The van der Waals surface area contributed by atoms with Crippen molar-refractivity contribution in [2.45, 2.75) is 40.2 Å². The van der Waals surface area contributed by atoms with Gasteiger partial charge in [0.15, 0.2) is 0 Å². The van der Waals surface area contributed by atoms with Crippen molar-refractivity contribution >= 4 is 5.78 Å². The lowest BCUT2D eigenvalue weighted by Gasteiger charge is -2.39. The zero-order chi connectivity index (χ0) is 11.5. The average molecular weight is 213 g/mol. The van der Waals surface area contributed by atoms with Crippen molar-refractivity contribution in [2.75, 3.05) is 26.3 Å². The van der Waals surface area contributed by atoms with Gasteiger partial charge in [0.25, 0.3) is 0 Å². The van der Waals surface area contributed by atoms with Gasteiger partial charge in [-0.3, -0.25) is 9.69 Å². The predicted molar refractivity (Wildman–Crippen MR) is 60.9 cm³/mol. The fourth-order valence-electron chi connectivity index (χ4n) is 1.89. The second-order valence-electron chi connectivity index (χ2n) is 5.05. The minimum absolute atomic E-state index is 0.231. The summed E-state index contributed by atoms with van der Waals surface area (Å²) in [7, 11) is 0. The topological polar surface area (TPSA) is 29.5 Å². The third-order valence-corrected chi connectivity index (χ3v) is 3.37. The average Bonchev–Trinajstić information content (AvgIpc) is 2.18. The van der Waals surface area contributed by atoms with Gasteiger partial charge in [-0.05, 0) is 13.3 Å². The molecule has 1 fully saturated rings. The lowest BCUT2D eigenvalue weighted by atomic mass is 9.87. The van der Waals surface area contributed by atoms with E-state index in [4.69, 9.17) is 4.74 Å². The molecule has 88 valence electrons. The molecule has 0 amide bonds. The van der Waals surface area contributed by atoms with Crippen LogP contribution in [0.1, 0.15) is 34.1 Å². The van der Waals surface area contributed by atoms with E-state index < -0.39 is 0 Å². The molecule has 0 spiro atoms. The Bertz CT molecular complexity index is 226. The van der Waals surface area contributed by atoms with Crippen LogP contribution in [0.4, 0.5) is 0 Å². The fraction of sp³-hybridized carbons (Fsp3) is 0.917. The molecule has 0 radical (unpaired) electrons. The number of carbonyl (C=O) groups is 1. The van der Waals surface area contributed by atoms with E-state index in [9.17, 15) is 4.79 Å². The molecule has 1 atom stereocenters. The maximum Gasteiger partial charge on any atom is 0.136 e. The van der Waals surface area contributed by atoms with E-state index in [0.29, 0.717) is 6.04 Å². The SMILES string of the molecule is CCC1COCCN1CC(C)(C)C(C)=O. The summed E-state index contributed by atoms with van der Waals surface area (Å²) in [5, 5.41) is 0. The summed E-state index contributed by atoms with van der Waals surface area (Å²) >= 11 is 0. The zero-order valence-electron chi connectivity index (χ0n) is 10.4. The molecule has 1 aliphatic rings. The maximum atomic E-state index is 11.5. The van der Waals surface area contributed by atoms with Crippen LogP contribution in [0, 0.1) is 5.41 Å². The molecule has 0 aliphatic carbocycles. The normalized spacial score (nSPS) is 24.1. The van der Waals surface area contributed by atoms with Crippen molar-refractivity contribution in [3.63, 3.8) is 0 Å². The number of ketones is 1. The second-order valence-corrected chi connectivity index (χ2v) is 5.05. The van der Waals surface area contributed by atoms with Gasteiger partial charge in [-0.15, -0.1) is 0 Å². The molecule has 1 saturated heterocycles. The monoisotopic (exact) mass is 213 g/mol. The Labute approximate surface area is 92.8 Å². The van der Waals surface area contributed by atoms with Crippen LogP contribution in [0.25, 0.3) is 0 Å². The van der Waals surface area contributed by atoms with E-state index in [2.05, 4.69) is 11.8 Å². The highest BCUT2D eigenvalue weighted by atomic mass is 16.5. The van der Waals surface area contributed by atoms with E-state index in [0.717, 1.165) is 32.7 Å². The Morgan fingerprint density at radius 3 is 2.73 bits per heavy atom. The Hall–Kier alpha value is -0.410. The summed E-state index contributed by atoms with van der Waals surface area (Å²) in [5.41, 5.74) is -0.231. The molecule has 1 aliphatic heterocycles. The molecule has 1 unspecified atom stereocenters. The molecule has 0 aromatic carbocycles. The maximum absolute atomic E-state index is 11.5. The van der Waals surface area contributed by atoms with E-state index in [1.807, 2.05) is 13.8 Å². The highest BCUT2D eigenvalue weighted by Crippen LogP contribution is 2.21. The van der Waals surface area contributed by atoms with Gasteiger partial charge in [0.05, 0.1) is 13.2 Å². The molecule has 3 nitrogen and oxygen atoms in total. The van der Waals surface area contributed by atoms with Crippen LogP contribution in [0.3, 0.4) is 0 Å². The molecule has 3 heteroatoms. The van der Waals surface area contributed by atoms with Crippen molar-refractivity contribution < 1.29 is 9.53 Å². The summed E-state index contributed by atoms with van der Waals surface area (Å²) < 4.78 is 5.45. The van der Waals surface area contributed by atoms with Crippen LogP contribution >= 0.6 is 0 Å². The lowest BCUT2D eigenvalue weighted by Crippen LogP contribution is -2.50. The molecule has 15 heavy (non-hydrogen) atoms. The van der Waals surface area contributed by atoms with Gasteiger partial charge in [-0.2, -0.15) is 0 Å². The number of Topliss-reactive ketones (excluding diaryl/α,β-unsaturated/α-hetero) is 1. The number of hydrogen-bond donors (Lipinski definition) is 0. The number of rotatable bonds is 4. The number of hydrogen-bond acceptors (Lipinski definition) is 3. The molecular formula is C12H23NO2. The quantitative estimate of drug-likeness (QED) is 0.712. The van der Waals surface area contributed by atoms with Crippen molar-refractivity contribution in [1.82, 2.24) is 4.90 Å². The minimum atomic E-state index is -0.231. The Balaban J connectivity index is 2.58. The first kappa shape index (κ1) is 12.7. The van der Waals surface area contributed by atoms with Crippen LogP contribution in [0.15, 0.2) is 0 Å². The van der Waals surface area contributed by atoms with Gasteiger partial charge in [0.2, 0.25) is 0 Å². The Morgan fingerprint density at radius 2 is 2.20 bits per heavy atom. The number of carbonyl (C=O) groups excluding carboxylic acids is 1. The van der Waals surface area contributed by atoms with Crippen molar-refractivity contribution in [2.24, 2.45) is 5.41 Å². The van der Waals surface area contributed by atoms with Crippen molar-refractivity contribution in [3.8, 4) is 0 Å². The fourth-order valence-corrected chi connectivity index (χ4v) is 1.89. The van der Waals surface area contributed by atoms with Gasteiger partial charge in [-0.25, -0.2) is 0 Å². The van der Waals surface area contributed by atoms with Crippen LogP contribution in [-0.4, -0.2) is 43.0 Å². The number of nitrogens with zero attached hydrogens (tertiary/aromatic N) is 1. The van der Waals surface area contributed by atoms with Gasteiger partial charge >= 0.3 is 0 Å². The lowest BCUT2D eigenvalue weighted by molar-refractivity contribution is -0.127. The van der Waals surface area contributed by atoms with Crippen LogP contribution < -0.4 is 0 Å². The van der Waals surface area contributed by atoms with E-state index in [1.54, 1.807) is 6.92 Å². The highest BCUT2D eigenvalue weighted by molar-refractivity contribution is 5.81. The predicted octanol–water partition coefficient (Wildman–Crippen LogP) is 1.71. The molecule has 0 N–H and O–H groups in total. The molecule has 1 rings (SSSR count). The Kier molecular flexibility index (Phi) is 4.29. The molecule has 1 heterocycles. The largest absolute Gasteiger partial charge is 0.378 e. The number of ether oxygens (including phenoxy) is 1. The highest BCUT2D eigenvalue weighted by Gasteiger charge is 2.30. The smallest absolute Gasteiger partial charge is 0.136 e. The van der Waals surface area contributed by atoms with Crippen LogP contribution in [0.2, 0.25) is 0 Å². The summed E-state index contributed by atoms with van der Waals surface area (Å²) in [4.78, 5) is 13.9. The van der Waals surface area contributed by atoms with Gasteiger partial charge < -0.3 is 4.74 Å². The summed E-state index contributed by atoms with van der Waals surface area (Å²) in [5.74, 6) is 0.267. The number of morpholine rings is 1. The minimum Gasteiger partial charge on any atom is -0.378 e. The summed E-state index contributed by atoms with van der Waals surface area (Å²) in [6.45, 7) is 11.3. The van der Waals surface area contributed by atoms with Crippen molar-refractivity contribution in [1.29, 1.82) is 0 Å². The third-order valence-electron chi connectivity index (χ3n) is 3.37. The van der Waals surface area contributed by atoms with Crippen molar-refractivity contribution in [3.05, 3.63) is 0 Å². The van der Waals surface area contributed by atoms with Gasteiger partial charge in [-0.1, -0.05) is 20.8 Å². The van der Waals surface area contributed by atoms with Crippen LogP contribution in [-0.2, 0) is 9.53 Å². The Morgan fingerprint density at radius 1 is 1.53 bits per heavy atom.